The van der Waals surface area contributed by atoms with Crippen LogP contribution in [0.15, 0.2) is 11.6 Å². The fraction of sp³-hybridized carbons (Fsp3) is 0.593. The molecule has 0 spiro atoms. The Morgan fingerprint density at radius 3 is 2.20 bits per heavy atom. The molecule has 9 nitrogen and oxygen atoms in total. The molecule has 1 aromatic carbocycles. The van der Waals surface area contributed by atoms with E-state index in [1.54, 1.807) is 6.92 Å². The summed E-state index contributed by atoms with van der Waals surface area (Å²) in [5, 5.41) is 0. The first-order valence-electron chi connectivity index (χ1n) is 13.3. The maximum Gasteiger partial charge on any atom is 0.460 e. The molecule has 2 unspecified atom stereocenters. The summed E-state index contributed by atoms with van der Waals surface area (Å²) in [5.41, 5.74) is -3.93. The molecule has 0 bridgehead atoms. The number of hydrogen-bond acceptors (Lipinski definition) is 9. The van der Waals surface area contributed by atoms with Crippen LogP contribution in [0.5, 0.6) is 11.5 Å². The van der Waals surface area contributed by atoms with Crippen LogP contribution in [-0.4, -0.2) is 71.0 Å². The molecule has 248 valence electrons. The molecule has 0 radical (unpaired) electrons. The van der Waals surface area contributed by atoms with Crippen LogP contribution in [0.1, 0.15) is 40.4 Å². The number of rotatable bonds is 14. The van der Waals surface area contributed by atoms with E-state index in [2.05, 4.69) is 28.9 Å². The SMILES string of the molecule is COC(=O)C(C/C(C)=C/Cc1c(OC)c(C)c2c(c1OCC[Si](C)(C)C)C(=O)OC2)P(=O)(OCC(F)(F)F)C(=O)C(F)(F)F. The van der Waals surface area contributed by atoms with E-state index in [1.165, 1.54) is 20.1 Å². The van der Waals surface area contributed by atoms with Crippen molar-refractivity contribution in [2.24, 2.45) is 0 Å². The third-order valence-corrected chi connectivity index (χ3v) is 11.0. The smallest absolute Gasteiger partial charge is 0.460 e. The maximum atomic E-state index is 13.4. The van der Waals surface area contributed by atoms with Crippen LogP contribution in [0.3, 0.4) is 0 Å². The third-order valence-electron chi connectivity index (χ3n) is 6.72. The molecule has 0 aromatic heterocycles. The minimum Gasteiger partial charge on any atom is -0.496 e. The highest BCUT2D eigenvalue weighted by molar-refractivity contribution is 7.77. The van der Waals surface area contributed by atoms with Crippen LogP contribution in [0, 0.1) is 6.92 Å². The molecule has 0 N–H and O–H groups in total. The number of methoxy groups -OCH3 is 2. The number of carbonyl (C=O) groups excluding carboxylic acids is 3. The molecule has 44 heavy (non-hydrogen) atoms. The van der Waals surface area contributed by atoms with Gasteiger partial charge in [0.25, 0.3) is 7.37 Å². The molecule has 0 amide bonds. The van der Waals surface area contributed by atoms with Gasteiger partial charge in [-0.25, -0.2) is 4.79 Å². The van der Waals surface area contributed by atoms with Crippen molar-refractivity contribution in [2.45, 2.75) is 77.0 Å². The van der Waals surface area contributed by atoms with E-state index in [1.807, 2.05) is 0 Å². The number of fused-ring (bicyclic) bond motifs is 1. The summed E-state index contributed by atoms with van der Waals surface area (Å²) in [6, 6.07) is 0.725. The number of allylic oxidation sites excluding steroid dienone is 2. The summed E-state index contributed by atoms with van der Waals surface area (Å²) >= 11 is 0. The Morgan fingerprint density at radius 2 is 1.70 bits per heavy atom. The molecule has 0 saturated heterocycles. The average Bonchev–Trinajstić information content (AvgIpc) is 3.29. The van der Waals surface area contributed by atoms with Crippen molar-refractivity contribution in [3.63, 3.8) is 0 Å². The minimum atomic E-state index is -6.05. The Morgan fingerprint density at radius 1 is 1.09 bits per heavy atom. The molecule has 0 saturated carbocycles. The second kappa shape index (κ2) is 14.1. The number of ether oxygens (including phenoxy) is 4. The van der Waals surface area contributed by atoms with Gasteiger partial charge in [0.2, 0.25) is 0 Å². The molecular weight excluding hydrogens is 641 g/mol. The van der Waals surface area contributed by atoms with Gasteiger partial charge in [0, 0.05) is 19.2 Å². The van der Waals surface area contributed by atoms with Crippen molar-refractivity contribution in [1.82, 2.24) is 0 Å². The Hall–Kier alpha value is -2.84. The van der Waals surface area contributed by atoms with Crippen molar-refractivity contribution in [3.8, 4) is 11.5 Å². The summed E-state index contributed by atoms with van der Waals surface area (Å²) in [6.07, 6.45) is -10.8. The Balaban J connectivity index is 2.59. The van der Waals surface area contributed by atoms with Crippen molar-refractivity contribution in [1.29, 1.82) is 0 Å². The molecular formula is C27H35F6O9PSi. The van der Waals surface area contributed by atoms with Gasteiger partial charge >= 0.3 is 29.8 Å². The number of carbonyl (C=O) groups is 3. The first-order valence-corrected chi connectivity index (χ1v) is 18.7. The zero-order valence-corrected chi connectivity index (χ0v) is 27.2. The number of alkyl halides is 6. The fourth-order valence-electron chi connectivity index (χ4n) is 4.41. The molecule has 1 aliphatic rings. The minimum absolute atomic E-state index is 0.0167. The second-order valence-corrected chi connectivity index (χ2v) is 19.4. The molecule has 2 atom stereocenters. The Labute approximate surface area is 251 Å². The summed E-state index contributed by atoms with van der Waals surface area (Å²) in [6.45, 7) is 7.12. The molecule has 0 aliphatic carbocycles. The average molecular weight is 677 g/mol. The predicted octanol–water partition coefficient (Wildman–Crippen LogP) is 6.76. The standard InChI is InChI=1S/C27H35F6O9PSi/c1-15(12-19(23(34)39-4)43(37,25(36)27(31,32)33)42-14-26(28,29)30)8-9-17-21(38-3)16(2)18-13-41-24(35)20(18)22(17)40-10-11-44(5,6)7/h8,19H,9-14H2,1-7H3/b15-8+. The second-order valence-electron chi connectivity index (χ2n) is 11.3. The van der Waals surface area contributed by atoms with E-state index in [0.29, 0.717) is 29.5 Å². The summed E-state index contributed by atoms with van der Waals surface area (Å²) in [4.78, 5) is 37.3. The van der Waals surface area contributed by atoms with E-state index in [0.717, 1.165) is 6.04 Å². The van der Waals surface area contributed by atoms with Gasteiger partial charge in [-0.05, 0) is 38.3 Å². The molecule has 1 aromatic rings. The zero-order chi connectivity index (χ0) is 33.8. The molecule has 1 aliphatic heterocycles. The fourth-order valence-corrected chi connectivity index (χ4v) is 7.30. The summed E-state index contributed by atoms with van der Waals surface area (Å²) < 4.78 is 117. The van der Waals surface area contributed by atoms with E-state index in [4.69, 9.17) is 14.2 Å². The maximum absolute atomic E-state index is 13.4. The number of hydrogen-bond donors (Lipinski definition) is 0. The lowest BCUT2D eigenvalue weighted by atomic mass is 9.94. The van der Waals surface area contributed by atoms with Crippen molar-refractivity contribution < 1.29 is 68.8 Å². The van der Waals surface area contributed by atoms with Crippen LogP contribution in [0.2, 0.25) is 25.7 Å². The van der Waals surface area contributed by atoms with Gasteiger partial charge < -0.3 is 23.5 Å². The van der Waals surface area contributed by atoms with Gasteiger partial charge in [0.15, 0.2) is 6.61 Å². The first kappa shape index (κ1) is 37.3. The lowest BCUT2D eigenvalue weighted by molar-refractivity contribution is -0.167. The number of benzene rings is 1. The van der Waals surface area contributed by atoms with Crippen LogP contribution < -0.4 is 9.47 Å². The van der Waals surface area contributed by atoms with Crippen LogP contribution in [-0.2, 0) is 41.2 Å². The molecule has 17 heteroatoms. The van der Waals surface area contributed by atoms with Crippen molar-refractivity contribution in [2.75, 3.05) is 27.4 Å². The van der Waals surface area contributed by atoms with Gasteiger partial charge in [-0.1, -0.05) is 31.3 Å². The Kier molecular flexibility index (Phi) is 11.9. The van der Waals surface area contributed by atoms with Gasteiger partial charge in [-0.3, -0.25) is 14.2 Å². The van der Waals surface area contributed by atoms with Gasteiger partial charge in [0.05, 0.1) is 20.8 Å². The highest BCUT2D eigenvalue weighted by Crippen LogP contribution is 2.59. The molecule has 2 rings (SSSR count). The van der Waals surface area contributed by atoms with Gasteiger partial charge in [-0.2, -0.15) is 26.3 Å². The van der Waals surface area contributed by atoms with E-state index in [-0.39, 0.29) is 36.5 Å². The lowest BCUT2D eigenvalue weighted by Gasteiger charge is -2.26. The molecule has 0 fully saturated rings. The highest BCUT2D eigenvalue weighted by Gasteiger charge is 2.58. The summed E-state index contributed by atoms with van der Waals surface area (Å²) in [5.74, 6) is -1.77. The normalized spacial score (nSPS) is 16.1. The quantitative estimate of drug-likeness (QED) is 0.0694. The van der Waals surface area contributed by atoms with Gasteiger partial charge in [-0.15, -0.1) is 0 Å². The van der Waals surface area contributed by atoms with Crippen molar-refractivity contribution >= 4 is 32.9 Å². The lowest BCUT2D eigenvalue weighted by Crippen LogP contribution is -2.35. The van der Waals surface area contributed by atoms with E-state index in [9.17, 15) is 45.3 Å². The number of cyclic esters (lactones) is 1. The predicted molar refractivity (Wildman–Crippen MR) is 149 cm³/mol. The van der Waals surface area contributed by atoms with Crippen LogP contribution in [0.4, 0.5) is 26.3 Å². The van der Waals surface area contributed by atoms with Crippen LogP contribution in [0.25, 0.3) is 0 Å². The van der Waals surface area contributed by atoms with E-state index < -0.39 is 63.9 Å². The Bertz CT molecular complexity index is 1350. The first-order chi connectivity index (χ1) is 20.1. The summed E-state index contributed by atoms with van der Waals surface area (Å²) in [7, 11) is -5.54. The topological polar surface area (TPSA) is 114 Å². The zero-order valence-electron chi connectivity index (χ0n) is 25.3. The highest BCUT2D eigenvalue weighted by atomic mass is 31.2. The third kappa shape index (κ3) is 9.10. The molecule has 1 heterocycles. The van der Waals surface area contributed by atoms with Crippen molar-refractivity contribution in [3.05, 3.63) is 33.9 Å². The van der Waals surface area contributed by atoms with Gasteiger partial charge in [0.1, 0.15) is 29.3 Å². The number of esters is 2. The monoisotopic (exact) mass is 676 g/mol. The largest absolute Gasteiger partial charge is 0.496 e. The van der Waals surface area contributed by atoms with E-state index >= 15 is 0 Å². The number of halogens is 6. The van der Waals surface area contributed by atoms with Crippen LogP contribution >= 0.6 is 7.37 Å².